The molecule has 0 atom stereocenters. The zero-order valence-corrected chi connectivity index (χ0v) is 13.4. The van der Waals surface area contributed by atoms with Crippen molar-refractivity contribution in [3.8, 4) is 5.75 Å². The van der Waals surface area contributed by atoms with E-state index in [0.29, 0.717) is 18.7 Å². The van der Waals surface area contributed by atoms with E-state index < -0.39 is 0 Å². The minimum Gasteiger partial charge on any atom is -0.507 e. The van der Waals surface area contributed by atoms with Crippen molar-refractivity contribution in [2.24, 2.45) is 0 Å². The molecule has 20 heavy (non-hydrogen) atoms. The van der Waals surface area contributed by atoms with Crippen LogP contribution < -0.4 is 0 Å². The Morgan fingerprint density at radius 1 is 1.20 bits per heavy atom. The summed E-state index contributed by atoms with van der Waals surface area (Å²) in [4.78, 5) is 14.2. The van der Waals surface area contributed by atoms with Gasteiger partial charge in [-0.25, -0.2) is 0 Å². The van der Waals surface area contributed by atoms with Crippen LogP contribution in [0.3, 0.4) is 0 Å². The Balaban J connectivity index is 2.23. The van der Waals surface area contributed by atoms with Gasteiger partial charge < -0.3 is 10.0 Å². The third-order valence-electron chi connectivity index (χ3n) is 3.07. The molecule has 104 valence electrons. The van der Waals surface area contributed by atoms with E-state index >= 15 is 0 Å². The molecule has 0 aliphatic rings. The summed E-state index contributed by atoms with van der Waals surface area (Å²) in [6.45, 7) is 3.07. The molecular formula is C16H16INO2. The molecule has 0 saturated heterocycles. The van der Waals surface area contributed by atoms with Crippen molar-refractivity contribution in [3.63, 3.8) is 0 Å². The Morgan fingerprint density at radius 3 is 2.55 bits per heavy atom. The number of hydrogen-bond donors (Lipinski definition) is 1. The van der Waals surface area contributed by atoms with Gasteiger partial charge in [-0.2, -0.15) is 0 Å². The molecule has 2 aromatic rings. The molecule has 2 aromatic carbocycles. The lowest BCUT2D eigenvalue weighted by Gasteiger charge is -2.21. The van der Waals surface area contributed by atoms with E-state index in [9.17, 15) is 9.90 Å². The van der Waals surface area contributed by atoms with Crippen molar-refractivity contribution < 1.29 is 9.90 Å². The van der Waals surface area contributed by atoms with Gasteiger partial charge in [0.1, 0.15) is 5.75 Å². The highest BCUT2D eigenvalue weighted by Gasteiger charge is 2.18. The number of carbonyl (C=O) groups is 1. The quantitative estimate of drug-likeness (QED) is 0.822. The first kappa shape index (κ1) is 14.8. The fourth-order valence-corrected chi connectivity index (χ4v) is 2.47. The van der Waals surface area contributed by atoms with Crippen LogP contribution in [0.15, 0.2) is 48.5 Å². The van der Waals surface area contributed by atoms with Gasteiger partial charge in [-0.05, 0) is 53.3 Å². The summed E-state index contributed by atoms with van der Waals surface area (Å²) < 4.78 is 0.930. The van der Waals surface area contributed by atoms with Crippen LogP contribution in [0.25, 0.3) is 0 Å². The van der Waals surface area contributed by atoms with Crippen molar-refractivity contribution in [1.29, 1.82) is 0 Å². The molecule has 4 heteroatoms. The van der Waals surface area contributed by atoms with E-state index in [-0.39, 0.29) is 11.7 Å². The highest BCUT2D eigenvalue weighted by molar-refractivity contribution is 14.1. The minimum absolute atomic E-state index is 0.0296. The second-order valence-corrected chi connectivity index (χ2v) is 5.71. The number of aromatic hydroxyl groups is 1. The van der Waals surface area contributed by atoms with Gasteiger partial charge in [0.15, 0.2) is 0 Å². The van der Waals surface area contributed by atoms with Gasteiger partial charge in [-0.1, -0.05) is 30.3 Å². The number of halogens is 1. The van der Waals surface area contributed by atoms with Crippen LogP contribution in [-0.2, 0) is 6.54 Å². The van der Waals surface area contributed by atoms with Crippen molar-refractivity contribution >= 4 is 28.5 Å². The Kier molecular flexibility index (Phi) is 5.00. The number of carbonyl (C=O) groups excluding carboxylic acids is 1. The van der Waals surface area contributed by atoms with Crippen molar-refractivity contribution in [2.45, 2.75) is 13.5 Å². The molecule has 0 fully saturated rings. The molecule has 0 heterocycles. The largest absolute Gasteiger partial charge is 0.507 e. The summed E-state index contributed by atoms with van der Waals surface area (Å²) >= 11 is 2.13. The van der Waals surface area contributed by atoms with Crippen LogP contribution in [0, 0.1) is 3.57 Å². The Bertz CT molecular complexity index is 599. The van der Waals surface area contributed by atoms with Crippen molar-refractivity contribution in [3.05, 3.63) is 63.2 Å². The molecule has 0 aliphatic heterocycles. The highest BCUT2D eigenvalue weighted by atomic mass is 127. The first-order valence-corrected chi connectivity index (χ1v) is 7.51. The maximum Gasteiger partial charge on any atom is 0.257 e. The van der Waals surface area contributed by atoms with E-state index in [1.165, 1.54) is 0 Å². The number of rotatable bonds is 4. The SMILES string of the molecule is CCN(Cc1ccccc1)C(=O)c1cc(I)ccc1O. The molecule has 0 saturated carbocycles. The molecule has 1 amide bonds. The smallest absolute Gasteiger partial charge is 0.257 e. The van der Waals surface area contributed by atoms with E-state index in [1.807, 2.05) is 37.3 Å². The average Bonchev–Trinajstić information content (AvgIpc) is 2.47. The van der Waals surface area contributed by atoms with Gasteiger partial charge in [0.05, 0.1) is 5.56 Å². The van der Waals surface area contributed by atoms with E-state index in [4.69, 9.17) is 0 Å². The molecule has 1 N–H and O–H groups in total. The van der Waals surface area contributed by atoms with Crippen molar-refractivity contribution in [2.75, 3.05) is 6.54 Å². The van der Waals surface area contributed by atoms with Gasteiger partial charge in [0, 0.05) is 16.7 Å². The fraction of sp³-hybridized carbons (Fsp3) is 0.188. The van der Waals surface area contributed by atoms with Crippen LogP contribution in [-0.4, -0.2) is 22.5 Å². The molecule has 0 radical (unpaired) electrons. The lowest BCUT2D eigenvalue weighted by Crippen LogP contribution is -2.30. The second kappa shape index (κ2) is 6.74. The van der Waals surface area contributed by atoms with Gasteiger partial charge in [0.25, 0.3) is 5.91 Å². The standard InChI is InChI=1S/C16H16INO2/c1-2-18(11-12-6-4-3-5-7-12)16(20)14-10-13(17)8-9-15(14)19/h3-10,19H,2,11H2,1H3. The summed E-state index contributed by atoms with van der Waals surface area (Å²) in [6, 6.07) is 14.9. The fourth-order valence-electron chi connectivity index (χ4n) is 1.98. The first-order valence-electron chi connectivity index (χ1n) is 6.43. The van der Waals surface area contributed by atoms with E-state index in [0.717, 1.165) is 9.13 Å². The number of nitrogens with zero attached hydrogens (tertiary/aromatic N) is 1. The van der Waals surface area contributed by atoms with Crippen LogP contribution >= 0.6 is 22.6 Å². The second-order valence-electron chi connectivity index (χ2n) is 4.47. The van der Waals surface area contributed by atoms with Crippen LogP contribution in [0.4, 0.5) is 0 Å². The highest BCUT2D eigenvalue weighted by Crippen LogP contribution is 2.22. The lowest BCUT2D eigenvalue weighted by atomic mass is 10.1. The predicted octanol–water partition coefficient (Wildman–Crippen LogP) is 3.66. The average molecular weight is 381 g/mol. The Hall–Kier alpha value is -1.56. The van der Waals surface area contributed by atoms with Crippen LogP contribution in [0.5, 0.6) is 5.75 Å². The molecule has 0 spiro atoms. The topological polar surface area (TPSA) is 40.5 Å². The van der Waals surface area contributed by atoms with Gasteiger partial charge >= 0.3 is 0 Å². The Morgan fingerprint density at radius 2 is 1.90 bits per heavy atom. The maximum absolute atomic E-state index is 12.5. The zero-order valence-electron chi connectivity index (χ0n) is 11.2. The molecule has 0 unspecified atom stereocenters. The third-order valence-corrected chi connectivity index (χ3v) is 3.75. The van der Waals surface area contributed by atoms with Crippen LogP contribution in [0.1, 0.15) is 22.8 Å². The van der Waals surface area contributed by atoms with Gasteiger partial charge in [-0.3, -0.25) is 4.79 Å². The third kappa shape index (κ3) is 3.50. The van der Waals surface area contributed by atoms with E-state index in [1.54, 1.807) is 23.1 Å². The molecule has 2 rings (SSSR count). The normalized spacial score (nSPS) is 10.3. The zero-order chi connectivity index (χ0) is 14.5. The predicted molar refractivity (Wildman–Crippen MR) is 87.7 cm³/mol. The lowest BCUT2D eigenvalue weighted by molar-refractivity contribution is 0.0749. The molecular weight excluding hydrogens is 365 g/mol. The monoisotopic (exact) mass is 381 g/mol. The molecule has 0 aromatic heterocycles. The number of benzene rings is 2. The molecule has 0 bridgehead atoms. The number of hydrogen-bond acceptors (Lipinski definition) is 2. The van der Waals surface area contributed by atoms with E-state index in [2.05, 4.69) is 22.6 Å². The molecule has 3 nitrogen and oxygen atoms in total. The number of phenolic OH excluding ortho intramolecular Hbond substituents is 1. The Labute approximate surface area is 132 Å². The summed E-state index contributed by atoms with van der Waals surface area (Å²) in [5.41, 5.74) is 1.43. The maximum atomic E-state index is 12.5. The summed E-state index contributed by atoms with van der Waals surface area (Å²) in [5, 5.41) is 9.87. The number of amides is 1. The van der Waals surface area contributed by atoms with Crippen molar-refractivity contribution in [1.82, 2.24) is 4.90 Å². The number of phenols is 1. The van der Waals surface area contributed by atoms with Gasteiger partial charge in [-0.15, -0.1) is 0 Å². The minimum atomic E-state index is -0.146. The first-order chi connectivity index (χ1) is 9.61. The van der Waals surface area contributed by atoms with Gasteiger partial charge in [0.2, 0.25) is 0 Å². The molecule has 0 aliphatic carbocycles. The van der Waals surface area contributed by atoms with Crippen LogP contribution in [0.2, 0.25) is 0 Å². The summed E-state index contributed by atoms with van der Waals surface area (Å²) in [5.74, 6) is -0.116. The summed E-state index contributed by atoms with van der Waals surface area (Å²) in [7, 11) is 0. The summed E-state index contributed by atoms with van der Waals surface area (Å²) in [6.07, 6.45) is 0.